The lowest BCUT2D eigenvalue weighted by Gasteiger charge is -2.13. The van der Waals surface area contributed by atoms with Gasteiger partial charge in [-0.1, -0.05) is 18.2 Å². The number of carbonyl (C=O) groups excluding carboxylic acids is 2. The monoisotopic (exact) mass is 392 g/mol. The van der Waals surface area contributed by atoms with Crippen molar-refractivity contribution in [1.82, 2.24) is 9.97 Å². The Morgan fingerprint density at radius 1 is 1.07 bits per heavy atom. The minimum absolute atomic E-state index is 0.129. The number of methoxy groups -OCH3 is 1. The highest BCUT2D eigenvalue weighted by Crippen LogP contribution is 2.25. The van der Waals surface area contributed by atoms with Gasteiger partial charge in [-0.15, -0.1) is 11.3 Å². The molecule has 28 heavy (non-hydrogen) atoms. The summed E-state index contributed by atoms with van der Waals surface area (Å²) in [7, 11) is 1.32. The van der Waals surface area contributed by atoms with Gasteiger partial charge in [-0.2, -0.15) is 0 Å². The van der Waals surface area contributed by atoms with Crippen molar-refractivity contribution in [3.05, 3.63) is 70.4 Å². The van der Waals surface area contributed by atoms with Crippen molar-refractivity contribution < 1.29 is 19.1 Å². The van der Waals surface area contributed by atoms with E-state index in [-0.39, 0.29) is 6.61 Å². The van der Waals surface area contributed by atoms with Crippen molar-refractivity contribution in [2.24, 2.45) is 0 Å². The van der Waals surface area contributed by atoms with E-state index < -0.39 is 11.9 Å². The number of ether oxygens (including phenoxy) is 2. The van der Waals surface area contributed by atoms with Gasteiger partial charge in [0.15, 0.2) is 0 Å². The fraction of sp³-hybridized carbons (Fsp3) is 0.143. The van der Waals surface area contributed by atoms with Crippen LogP contribution in [0.15, 0.2) is 48.0 Å². The zero-order chi connectivity index (χ0) is 19.7. The molecule has 0 aliphatic carbocycles. The van der Waals surface area contributed by atoms with E-state index in [0.29, 0.717) is 16.8 Å². The topological polar surface area (TPSA) is 78.4 Å². The SMILES string of the molecule is COC(=O)c1c(COC(=O)c2ccc3ncsc3c2)nc2ccccc2c1C. The number of thiazole rings is 1. The van der Waals surface area contributed by atoms with E-state index in [1.54, 1.807) is 23.7 Å². The maximum atomic E-state index is 12.5. The molecule has 0 fully saturated rings. The van der Waals surface area contributed by atoms with Gasteiger partial charge in [0.25, 0.3) is 0 Å². The highest BCUT2D eigenvalue weighted by atomic mass is 32.1. The van der Waals surface area contributed by atoms with Crippen LogP contribution < -0.4 is 0 Å². The highest BCUT2D eigenvalue weighted by molar-refractivity contribution is 7.16. The molecule has 4 rings (SSSR count). The predicted molar refractivity (Wildman–Crippen MR) is 107 cm³/mol. The van der Waals surface area contributed by atoms with Gasteiger partial charge in [0.2, 0.25) is 0 Å². The first kappa shape index (κ1) is 18.1. The smallest absolute Gasteiger partial charge is 0.340 e. The molecular formula is C21H16N2O4S. The van der Waals surface area contributed by atoms with Gasteiger partial charge in [-0.25, -0.2) is 19.6 Å². The van der Waals surface area contributed by atoms with Crippen LogP contribution in [0, 0.1) is 6.92 Å². The Hall–Kier alpha value is -3.32. The van der Waals surface area contributed by atoms with Crippen LogP contribution >= 0.6 is 11.3 Å². The van der Waals surface area contributed by atoms with Gasteiger partial charge in [0.05, 0.1) is 45.2 Å². The van der Waals surface area contributed by atoms with Gasteiger partial charge in [0, 0.05) is 5.39 Å². The largest absolute Gasteiger partial charge is 0.465 e. The van der Waals surface area contributed by atoms with Crippen LogP contribution in [0.1, 0.15) is 32.0 Å². The number of carbonyl (C=O) groups is 2. The fourth-order valence-corrected chi connectivity index (χ4v) is 3.83. The molecule has 0 bridgehead atoms. The van der Waals surface area contributed by atoms with Crippen molar-refractivity contribution in [3.8, 4) is 0 Å². The lowest BCUT2D eigenvalue weighted by atomic mass is 10.0. The first-order valence-corrected chi connectivity index (χ1v) is 9.43. The second kappa shape index (κ2) is 7.36. The van der Waals surface area contributed by atoms with Crippen LogP contribution in [0.25, 0.3) is 21.1 Å². The lowest BCUT2D eigenvalue weighted by Crippen LogP contribution is -2.14. The molecule has 2 aromatic heterocycles. The summed E-state index contributed by atoms with van der Waals surface area (Å²) in [6, 6.07) is 12.7. The number of hydrogen-bond donors (Lipinski definition) is 0. The number of rotatable bonds is 4. The number of esters is 2. The fourth-order valence-electron chi connectivity index (χ4n) is 3.12. The van der Waals surface area contributed by atoms with Crippen LogP contribution in [0.2, 0.25) is 0 Å². The van der Waals surface area contributed by atoms with Crippen molar-refractivity contribution in [3.63, 3.8) is 0 Å². The molecule has 140 valence electrons. The van der Waals surface area contributed by atoms with E-state index in [4.69, 9.17) is 9.47 Å². The molecule has 4 aromatic rings. The lowest BCUT2D eigenvalue weighted by molar-refractivity contribution is 0.0455. The van der Waals surface area contributed by atoms with Crippen molar-refractivity contribution in [2.75, 3.05) is 7.11 Å². The molecular weight excluding hydrogens is 376 g/mol. The van der Waals surface area contributed by atoms with Crippen molar-refractivity contribution in [2.45, 2.75) is 13.5 Å². The third-order valence-corrected chi connectivity index (χ3v) is 5.32. The quantitative estimate of drug-likeness (QED) is 0.482. The van der Waals surface area contributed by atoms with E-state index in [1.807, 2.05) is 31.2 Å². The van der Waals surface area contributed by atoms with Crippen LogP contribution in [0.3, 0.4) is 0 Å². The maximum absolute atomic E-state index is 12.5. The summed E-state index contributed by atoms with van der Waals surface area (Å²) in [6.07, 6.45) is 0. The Balaban J connectivity index is 1.66. The standard InChI is InChI=1S/C21H16N2O4S/c1-12-14-5-3-4-6-15(14)23-17(19(12)21(25)26-2)10-27-20(24)13-7-8-16-18(9-13)28-11-22-16/h3-9,11H,10H2,1-2H3. The average Bonchev–Trinajstić information content (AvgIpc) is 3.19. The van der Waals surface area contributed by atoms with Crippen LogP contribution in [-0.4, -0.2) is 29.0 Å². The van der Waals surface area contributed by atoms with Crippen LogP contribution in [0.4, 0.5) is 0 Å². The van der Waals surface area contributed by atoms with Crippen molar-refractivity contribution in [1.29, 1.82) is 0 Å². The molecule has 2 heterocycles. The Labute approximate surface area is 164 Å². The molecule has 0 unspecified atom stereocenters. The molecule has 0 N–H and O–H groups in total. The summed E-state index contributed by atoms with van der Waals surface area (Å²) in [5.41, 5.74) is 5.15. The van der Waals surface area contributed by atoms with E-state index in [1.165, 1.54) is 18.4 Å². The normalized spacial score (nSPS) is 10.9. The van der Waals surface area contributed by atoms with E-state index >= 15 is 0 Å². The summed E-state index contributed by atoms with van der Waals surface area (Å²) >= 11 is 1.45. The second-order valence-corrected chi connectivity index (χ2v) is 7.06. The molecule has 6 nitrogen and oxygen atoms in total. The molecule has 7 heteroatoms. The second-order valence-electron chi connectivity index (χ2n) is 6.18. The highest BCUT2D eigenvalue weighted by Gasteiger charge is 2.21. The summed E-state index contributed by atoms with van der Waals surface area (Å²) < 4.78 is 11.3. The van der Waals surface area contributed by atoms with Gasteiger partial charge < -0.3 is 9.47 Å². The van der Waals surface area contributed by atoms with Gasteiger partial charge in [-0.05, 0) is 36.8 Å². The molecule has 0 saturated heterocycles. The molecule has 0 saturated carbocycles. The number of aryl methyl sites for hydroxylation is 1. The Bertz CT molecular complexity index is 1220. The summed E-state index contributed by atoms with van der Waals surface area (Å²) in [5.74, 6) is -0.994. The van der Waals surface area contributed by atoms with Crippen molar-refractivity contribution >= 4 is 44.4 Å². The first-order chi connectivity index (χ1) is 13.6. The molecule has 0 spiro atoms. The number of benzene rings is 2. The van der Waals surface area contributed by atoms with Gasteiger partial charge >= 0.3 is 11.9 Å². The third-order valence-electron chi connectivity index (χ3n) is 4.52. The number of nitrogens with zero attached hydrogens (tertiary/aromatic N) is 2. The Kier molecular flexibility index (Phi) is 4.75. The molecule has 2 aromatic carbocycles. The number of hydrogen-bond acceptors (Lipinski definition) is 7. The predicted octanol–water partition coefficient (Wildman–Crippen LogP) is 4.30. The maximum Gasteiger partial charge on any atom is 0.340 e. The molecule has 0 amide bonds. The zero-order valence-corrected chi connectivity index (χ0v) is 16.1. The third kappa shape index (κ3) is 3.20. The summed E-state index contributed by atoms with van der Waals surface area (Å²) in [5, 5.41) is 0.855. The summed E-state index contributed by atoms with van der Waals surface area (Å²) in [4.78, 5) is 33.5. The zero-order valence-electron chi connectivity index (χ0n) is 15.3. The minimum Gasteiger partial charge on any atom is -0.465 e. The number of para-hydroxylation sites is 1. The first-order valence-electron chi connectivity index (χ1n) is 8.55. The van der Waals surface area contributed by atoms with E-state index in [9.17, 15) is 9.59 Å². The minimum atomic E-state index is -0.507. The molecule has 0 atom stereocenters. The molecule has 0 aliphatic heterocycles. The Morgan fingerprint density at radius 3 is 2.71 bits per heavy atom. The van der Waals surface area contributed by atoms with E-state index in [0.717, 1.165) is 26.7 Å². The van der Waals surface area contributed by atoms with E-state index in [2.05, 4.69) is 9.97 Å². The molecule has 0 aliphatic rings. The van der Waals surface area contributed by atoms with Gasteiger partial charge in [-0.3, -0.25) is 0 Å². The molecule has 0 radical (unpaired) electrons. The van der Waals surface area contributed by atoms with Gasteiger partial charge in [0.1, 0.15) is 6.61 Å². The van der Waals surface area contributed by atoms with Crippen LogP contribution in [0.5, 0.6) is 0 Å². The number of pyridine rings is 1. The average molecular weight is 392 g/mol. The number of aromatic nitrogens is 2. The van der Waals surface area contributed by atoms with Crippen LogP contribution in [-0.2, 0) is 16.1 Å². The summed E-state index contributed by atoms with van der Waals surface area (Å²) in [6.45, 7) is 1.70. The Morgan fingerprint density at radius 2 is 1.89 bits per heavy atom. The number of fused-ring (bicyclic) bond motifs is 2.